The van der Waals surface area contributed by atoms with Crippen LogP contribution in [-0.2, 0) is 0 Å². The molecule has 3 nitrogen and oxygen atoms in total. The van der Waals surface area contributed by atoms with Crippen molar-refractivity contribution in [1.82, 2.24) is 15.3 Å². The summed E-state index contributed by atoms with van der Waals surface area (Å²) in [6.45, 7) is 2.29. The number of thioether (sulfide) groups is 1. The first kappa shape index (κ1) is 13.8. The van der Waals surface area contributed by atoms with Crippen molar-refractivity contribution in [2.75, 3.05) is 7.05 Å². The highest BCUT2D eigenvalue weighted by atomic mass is 32.2. The fourth-order valence-electron chi connectivity index (χ4n) is 2.84. The molecule has 3 unspecified atom stereocenters. The van der Waals surface area contributed by atoms with Crippen LogP contribution >= 0.6 is 11.8 Å². The minimum absolute atomic E-state index is 0.616. The average molecular weight is 265 g/mol. The second-order valence-corrected chi connectivity index (χ2v) is 6.32. The molecule has 100 valence electrons. The van der Waals surface area contributed by atoms with E-state index in [9.17, 15) is 0 Å². The lowest BCUT2D eigenvalue weighted by Crippen LogP contribution is -2.40. The van der Waals surface area contributed by atoms with Gasteiger partial charge in [-0.2, -0.15) is 0 Å². The second-order valence-electron chi connectivity index (χ2n) is 5.06. The lowest BCUT2D eigenvalue weighted by molar-refractivity contribution is 0.295. The van der Waals surface area contributed by atoms with Crippen LogP contribution in [0.5, 0.6) is 0 Å². The molecule has 1 aromatic heterocycles. The molecule has 1 saturated carbocycles. The molecule has 1 heterocycles. The van der Waals surface area contributed by atoms with E-state index in [0.29, 0.717) is 11.3 Å². The van der Waals surface area contributed by atoms with Crippen LogP contribution in [0.15, 0.2) is 23.6 Å². The van der Waals surface area contributed by atoms with Crippen LogP contribution < -0.4 is 5.32 Å². The van der Waals surface area contributed by atoms with Crippen LogP contribution in [0.3, 0.4) is 0 Å². The van der Waals surface area contributed by atoms with E-state index >= 15 is 0 Å². The molecule has 0 bridgehead atoms. The summed E-state index contributed by atoms with van der Waals surface area (Å²) in [5.74, 6) is 0.897. The van der Waals surface area contributed by atoms with E-state index in [2.05, 4.69) is 29.3 Å². The van der Waals surface area contributed by atoms with Crippen LogP contribution in [0.4, 0.5) is 0 Å². The van der Waals surface area contributed by atoms with E-state index in [0.717, 1.165) is 10.9 Å². The van der Waals surface area contributed by atoms with Crippen molar-refractivity contribution >= 4 is 11.8 Å². The Morgan fingerprint density at radius 2 is 2.28 bits per heavy atom. The molecule has 1 aliphatic rings. The molecule has 3 atom stereocenters. The third-order valence-corrected chi connectivity index (χ3v) is 5.06. The molecule has 0 aliphatic heterocycles. The fraction of sp³-hybridized carbons (Fsp3) is 0.714. The highest BCUT2D eigenvalue weighted by Crippen LogP contribution is 2.37. The third-order valence-electron chi connectivity index (χ3n) is 3.78. The zero-order valence-electron chi connectivity index (χ0n) is 11.3. The van der Waals surface area contributed by atoms with Gasteiger partial charge in [-0.15, -0.1) is 0 Å². The van der Waals surface area contributed by atoms with Crippen molar-refractivity contribution in [2.24, 2.45) is 5.92 Å². The van der Waals surface area contributed by atoms with E-state index < -0.39 is 0 Å². The molecule has 0 amide bonds. The Kier molecular flexibility index (Phi) is 5.45. The largest absolute Gasteiger partial charge is 0.316 e. The Morgan fingerprint density at radius 3 is 2.94 bits per heavy atom. The number of aromatic nitrogens is 2. The van der Waals surface area contributed by atoms with Crippen molar-refractivity contribution in [2.45, 2.75) is 55.3 Å². The van der Waals surface area contributed by atoms with Gasteiger partial charge in [0, 0.05) is 23.7 Å². The summed E-state index contributed by atoms with van der Waals surface area (Å²) in [5, 5.41) is 5.16. The van der Waals surface area contributed by atoms with Gasteiger partial charge in [0.05, 0.1) is 6.20 Å². The zero-order chi connectivity index (χ0) is 12.8. The topological polar surface area (TPSA) is 37.8 Å². The highest BCUT2D eigenvalue weighted by molar-refractivity contribution is 7.99. The number of rotatable bonds is 5. The maximum Gasteiger partial charge on any atom is 0.115 e. The Labute approximate surface area is 114 Å². The van der Waals surface area contributed by atoms with Gasteiger partial charge in [0.1, 0.15) is 5.03 Å². The maximum absolute atomic E-state index is 4.39. The molecule has 0 radical (unpaired) electrons. The molecule has 1 aromatic rings. The van der Waals surface area contributed by atoms with Gasteiger partial charge in [-0.1, -0.05) is 31.5 Å². The Hall–Kier alpha value is -0.610. The predicted molar refractivity (Wildman–Crippen MR) is 76.8 cm³/mol. The van der Waals surface area contributed by atoms with Crippen LogP contribution in [0.2, 0.25) is 0 Å². The van der Waals surface area contributed by atoms with Gasteiger partial charge >= 0.3 is 0 Å². The van der Waals surface area contributed by atoms with E-state index in [1.807, 2.05) is 18.0 Å². The summed E-state index contributed by atoms with van der Waals surface area (Å²) in [6, 6.07) is 0.616. The summed E-state index contributed by atoms with van der Waals surface area (Å²) in [7, 11) is 2.08. The third kappa shape index (κ3) is 3.69. The van der Waals surface area contributed by atoms with Crippen molar-refractivity contribution in [1.29, 1.82) is 0 Å². The quantitative estimate of drug-likeness (QED) is 0.887. The molecule has 1 aliphatic carbocycles. The van der Waals surface area contributed by atoms with E-state index in [-0.39, 0.29) is 0 Å². The van der Waals surface area contributed by atoms with Crippen LogP contribution in [-0.4, -0.2) is 28.3 Å². The molecule has 1 N–H and O–H groups in total. The van der Waals surface area contributed by atoms with Crippen molar-refractivity contribution < 1.29 is 0 Å². The molecule has 18 heavy (non-hydrogen) atoms. The first-order valence-electron chi connectivity index (χ1n) is 6.93. The first-order valence-corrected chi connectivity index (χ1v) is 7.81. The minimum Gasteiger partial charge on any atom is -0.316 e. The highest BCUT2D eigenvalue weighted by Gasteiger charge is 2.30. The summed E-state index contributed by atoms with van der Waals surface area (Å²) < 4.78 is 0. The Balaban J connectivity index is 1.98. The summed E-state index contributed by atoms with van der Waals surface area (Å²) in [4.78, 5) is 8.54. The van der Waals surface area contributed by atoms with Crippen LogP contribution in [0.1, 0.15) is 39.0 Å². The van der Waals surface area contributed by atoms with Crippen molar-refractivity contribution in [3.05, 3.63) is 18.6 Å². The van der Waals surface area contributed by atoms with Crippen molar-refractivity contribution in [3.8, 4) is 0 Å². The number of hydrogen-bond acceptors (Lipinski definition) is 4. The van der Waals surface area contributed by atoms with Crippen LogP contribution in [0, 0.1) is 5.92 Å². The van der Waals surface area contributed by atoms with E-state index in [4.69, 9.17) is 0 Å². The molecule has 0 saturated heterocycles. The fourth-order valence-corrected chi connectivity index (χ4v) is 4.20. The number of nitrogens with zero attached hydrogens (tertiary/aromatic N) is 2. The smallest absolute Gasteiger partial charge is 0.115 e. The second kappa shape index (κ2) is 7.10. The SMILES string of the molecule is CCCC1CCC(NC)C(Sc2cnccn2)C1. The molecular weight excluding hydrogens is 242 g/mol. The summed E-state index contributed by atoms with van der Waals surface area (Å²) in [5.41, 5.74) is 0. The standard InChI is InChI=1S/C14H23N3S/c1-3-4-11-5-6-12(15-2)13(9-11)18-14-10-16-7-8-17-14/h7-8,10-13,15H,3-6,9H2,1-2H3. The van der Waals surface area contributed by atoms with Gasteiger partial charge < -0.3 is 5.32 Å². The molecule has 1 fully saturated rings. The summed E-state index contributed by atoms with van der Waals surface area (Å²) >= 11 is 1.89. The van der Waals surface area contributed by atoms with Crippen molar-refractivity contribution in [3.63, 3.8) is 0 Å². The average Bonchev–Trinajstić information content (AvgIpc) is 2.41. The van der Waals surface area contributed by atoms with Gasteiger partial charge in [-0.3, -0.25) is 4.98 Å². The lowest BCUT2D eigenvalue weighted by Gasteiger charge is -2.35. The van der Waals surface area contributed by atoms with Gasteiger partial charge in [-0.05, 0) is 32.2 Å². The first-order chi connectivity index (χ1) is 8.83. The maximum atomic E-state index is 4.39. The molecular formula is C14H23N3S. The number of hydrogen-bond donors (Lipinski definition) is 1. The zero-order valence-corrected chi connectivity index (χ0v) is 12.1. The van der Waals surface area contributed by atoms with Crippen LogP contribution in [0.25, 0.3) is 0 Å². The Bertz CT molecular complexity index is 344. The monoisotopic (exact) mass is 265 g/mol. The van der Waals surface area contributed by atoms with Gasteiger partial charge in [0.25, 0.3) is 0 Å². The normalized spacial score (nSPS) is 28.2. The predicted octanol–water partition coefficient (Wildman–Crippen LogP) is 3.13. The number of nitrogens with one attached hydrogen (secondary N) is 1. The molecule has 2 rings (SSSR count). The molecule has 4 heteroatoms. The van der Waals surface area contributed by atoms with E-state index in [1.54, 1.807) is 12.4 Å². The van der Waals surface area contributed by atoms with Gasteiger partial charge in [0.2, 0.25) is 0 Å². The van der Waals surface area contributed by atoms with E-state index in [1.165, 1.54) is 32.1 Å². The summed E-state index contributed by atoms with van der Waals surface area (Å²) in [6.07, 6.45) is 12.0. The lowest BCUT2D eigenvalue weighted by atomic mass is 9.83. The Morgan fingerprint density at radius 1 is 1.39 bits per heavy atom. The molecule has 0 aromatic carbocycles. The minimum atomic E-state index is 0.616. The van der Waals surface area contributed by atoms with Gasteiger partial charge in [-0.25, -0.2) is 4.98 Å². The van der Waals surface area contributed by atoms with Gasteiger partial charge in [0.15, 0.2) is 0 Å². The molecule has 0 spiro atoms.